The van der Waals surface area contributed by atoms with Crippen LogP contribution in [0.2, 0.25) is 0 Å². The highest BCUT2D eigenvalue weighted by Gasteiger charge is 2.51. The summed E-state index contributed by atoms with van der Waals surface area (Å²) < 4.78 is 5.80. The fourth-order valence-corrected chi connectivity index (χ4v) is 6.78. The van der Waals surface area contributed by atoms with E-state index in [2.05, 4.69) is 48.4 Å². The Bertz CT molecular complexity index is 893. The minimum atomic E-state index is 0.0567. The maximum atomic E-state index is 12.7. The Morgan fingerprint density at radius 3 is 2.23 bits per heavy atom. The first-order chi connectivity index (χ1) is 14.3. The summed E-state index contributed by atoms with van der Waals surface area (Å²) >= 11 is 1.33. The van der Waals surface area contributed by atoms with Crippen molar-refractivity contribution in [1.29, 1.82) is 0 Å². The van der Waals surface area contributed by atoms with Gasteiger partial charge in [0.15, 0.2) is 0 Å². The third kappa shape index (κ3) is 4.03. The van der Waals surface area contributed by atoms with Crippen molar-refractivity contribution < 1.29 is 9.21 Å². The minimum absolute atomic E-state index is 0.0567. The van der Waals surface area contributed by atoms with Gasteiger partial charge in [0.2, 0.25) is 11.8 Å². The zero-order valence-corrected chi connectivity index (χ0v) is 18.9. The molecule has 4 fully saturated rings. The average Bonchev–Trinajstić information content (AvgIpc) is 3.13. The third-order valence-electron chi connectivity index (χ3n) is 7.17. The summed E-state index contributed by atoms with van der Waals surface area (Å²) in [5.41, 5.74) is 2.33. The molecule has 160 valence electrons. The second kappa shape index (κ2) is 7.40. The summed E-state index contributed by atoms with van der Waals surface area (Å²) in [5, 5.41) is 12.1. The average molecular weight is 426 g/mol. The molecule has 30 heavy (non-hydrogen) atoms. The van der Waals surface area contributed by atoms with Gasteiger partial charge in [-0.05, 0) is 79.4 Å². The van der Waals surface area contributed by atoms with Crippen LogP contribution in [0.15, 0.2) is 33.9 Å². The Labute approximate surface area is 182 Å². The molecule has 2 aromatic rings. The van der Waals surface area contributed by atoms with E-state index in [1.54, 1.807) is 0 Å². The summed E-state index contributed by atoms with van der Waals surface area (Å²) in [6.45, 7) is 6.58. The van der Waals surface area contributed by atoms with Gasteiger partial charge in [0.05, 0.1) is 5.75 Å². The lowest BCUT2D eigenvalue weighted by atomic mass is 9.53. The first-order valence-corrected chi connectivity index (χ1v) is 12.1. The number of carbonyl (C=O) groups is 1. The first-order valence-electron chi connectivity index (χ1n) is 11.2. The Morgan fingerprint density at radius 1 is 1.07 bits per heavy atom. The number of hydrogen-bond acceptors (Lipinski definition) is 5. The molecule has 0 unspecified atom stereocenters. The largest absolute Gasteiger partial charge is 0.411 e. The van der Waals surface area contributed by atoms with Crippen LogP contribution >= 0.6 is 11.8 Å². The summed E-state index contributed by atoms with van der Waals surface area (Å²) in [6.07, 6.45) is 7.65. The molecule has 6 rings (SSSR count). The monoisotopic (exact) mass is 425 g/mol. The molecule has 1 amide bonds. The Balaban J connectivity index is 1.18. The van der Waals surface area contributed by atoms with Gasteiger partial charge in [0.1, 0.15) is 0 Å². The summed E-state index contributed by atoms with van der Waals surface area (Å²) in [5.74, 6) is 3.40. The minimum Gasteiger partial charge on any atom is -0.411 e. The van der Waals surface area contributed by atoms with Crippen molar-refractivity contribution in [3.63, 3.8) is 0 Å². The zero-order chi connectivity index (χ0) is 20.9. The van der Waals surface area contributed by atoms with Gasteiger partial charge in [-0.15, -0.1) is 10.2 Å². The fraction of sp³-hybridized carbons (Fsp3) is 0.625. The van der Waals surface area contributed by atoms with Gasteiger partial charge < -0.3 is 9.73 Å². The summed E-state index contributed by atoms with van der Waals surface area (Å²) in [4.78, 5) is 12.7. The molecule has 4 aliphatic carbocycles. The highest BCUT2D eigenvalue weighted by Crippen LogP contribution is 2.55. The van der Waals surface area contributed by atoms with Crippen molar-refractivity contribution >= 4 is 17.7 Å². The number of benzene rings is 1. The van der Waals surface area contributed by atoms with E-state index in [9.17, 15) is 4.79 Å². The van der Waals surface area contributed by atoms with Gasteiger partial charge >= 0.3 is 0 Å². The van der Waals surface area contributed by atoms with Crippen LogP contribution in [-0.4, -0.2) is 27.4 Å². The van der Waals surface area contributed by atoms with Gasteiger partial charge in [-0.3, -0.25) is 4.79 Å². The van der Waals surface area contributed by atoms with Crippen LogP contribution in [-0.2, 0) is 10.2 Å². The lowest BCUT2D eigenvalue weighted by Gasteiger charge is -2.56. The van der Waals surface area contributed by atoms with E-state index in [1.165, 1.54) is 55.9 Å². The molecule has 0 aliphatic heterocycles. The topological polar surface area (TPSA) is 68.0 Å². The number of amides is 1. The van der Waals surface area contributed by atoms with Crippen LogP contribution in [0.4, 0.5) is 0 Å². The summed E-state index contributed by atoms with van der Waals surface area (Å²) in [6, 6.07) is 8.24. The van der Waals surface area contributed by atoms with Crippen LogP contribution < -0.4 is 5.32 Å². The van der Waals surface area contributed by atoms with Crippen LogP contribution in [0.5, 0.6) is 0 Å². The number of rotatable bonds is 5. The van der Waals surface area contributed by atoms with Crippen LogP contribution in [0.25, 0.3) is 11.5 Å². The smallest absolute Gasteiger partial charge is 0.277 e. The molecule has 0 atom stereocenters. The van der Waals surface area contributed by atoms with Crippen LogP contribution in [0.3, 0.4) is 0 Å². The molecule has 5 nitrogen and oxygen atoms in total. The molecule has 4 saturated carbocycles. The number of carbonyl (C=O) groups excluding carboxylic acids is 1. The van der Waals surface area contributed by atoms with Gasteiger partial charge in [0, 0.05) is 11.1 Å². The molecule has 1 aromatic carbocycles. The number of aromatic nitrogens is 2. The van der Waals surface area contributed by atoms with Crippen LogP contribution in [0, 0.1) is 17.8 Å². The first kappa shape index (κ1) is 20.1. The van der Waals surface area contributed by atoms with Crippen molar-refractivity contribution in [3.8, 4) is 11.5 Å². The number of nitrogens with zero attached hydrogens (tertiary/aromatic N) is 2. The van der Waals surface area contributed by atoms with Crippen LogP contribution in [0.1, 0.15) is 64.9 Å². The Kier molecular flexibility index (Phi) is 4.96. The van der Waals surface area contributed by atoms with Gasteiger partial charge in [-0.1, -0.05) is 44.7 Å². The third-order valence-corrected chi connectivity index (χ3v) is 7.99. The Hall–Kier alpha value is -1.82. The standard InChI is InChI=1S/C24H31N3O2S/c1-23(2,3)19-6-4-18(5-7-19)21-26-27-22(29-21)30-14-20(28)25-24-11-15-8-16(12-24)10-17(9-15)13-24/h4-7,15-17H,8-14H2,1-3H3,(H,25,28). The van der Waals surface area contributed by atoms with E-state index in [1.807, 2.05) is 12.1 Å². The highest BCUT2D eigenvalue weighted by molar-refractivity contribution is 7.99. The van der Waals surface area contributed by atoms with E-state index in [4.69, 9.17) is 4.42 Å². The molecule has 1 heterocycles. The van der Waals surface area contributed by atoms with Crippen molar-refractivity contribution in [2.24, 2.45) is 17.8 Å². The quantitative estimate of drug-likeness (QED) is 0.666. The molecule has 1 N–H and O–H groups in total. The van der Waals surface area contributed by atoms with E-state index < -0.39 is 0 Å². The molecule has 4 bridgehead atoms. The van der Waals surface area contributed by atoms with E-state index >= 15 is 0 Å². The lowest BCUT2D eigenvalue weighted by Crippen LogP contribution is -2.60. The normalized spacial score (nSPS) is 29.9. The van der Waals surface area contributed by atoms with E-state index in [-0.39, 0.29) is 16.9 Å². The van der Waals surface area contributed by atoms with Crippen molar-refractivity contribution in [3.05, 3.63) is 29.8 Å². The van der Waals surface area contributed by atoms with E-state index in [0.29, 0.717) is 16.9 Å². The second-order valence-corrected chi connectivity index (χ2v) is 11.7. The molecular formula is C24H31N3O2S. The molecule has 1 aromatic heterocycles. The number of hydrogen-bond donors (Lipinski definition) is 1. The molecule has 0 spiro atoms. The SMILES string of the molecule is CC(C)(C)c1ccc(-c2nnc(SCC(=O)NC34CC5CC(CC(C5)C3)C4)o2)cc1. The molecule has 0 saturated heterocycles. The second-order valence-electron chi connectivity index (χ2n) is 10.7. The molecular weight excluding hydrogens is 394 g/mol. The maximum Gasteiger partial charge on any atom is 0.277 e. The Morgan fingerprint density at radius 2 is 1.67 bits per heavy atom. The molecule has 4 aliphatic rings. The number of nitrogens with one attached hydrogen (secondary N) is 1. The zero-order valence-electron chi connectivity index (χ0n) is 18.1. The van der Waals surface area contributed by atoms with E-state index in [0.717, 1.165) is 23.3 Å². The number of thioether (sulfide) groups is 1. The highest BCUT2D eigenvalue weighted by atomic mass is 32.2. The lowest BCUT2D eigenvalue weighted by molar-refractivity contribution is -0.124. The molecule has 6 heteroatoms. The van der Waals surface area contributed by atoms with Gasteiger partial charge in [0.25, 0.3) is 5.22 Å². The fourth-order valence-electron chi connectivity index (χ4n) is 6.22. The predicted molar refractivity (Wildman–Crippen MR) is 118 cm³/mol. The van der Waals surface area contributed by atoms with Crippen molar-refractivity contribution in [2.45, 2.75) is 75.5 Å². The van der Waals surface area contributed by atoms with Gasteiger partial charge in [-0.2, -0.15) is 0 Å². The van der Waals surface area contributed by atoms with Crippen molar-refractivity contribution in [2.75, 3.05) is 5.75 Å². The summed E-state index contributed by atoms with van der Waals surface area (Å²) in [7, 11) is 0. The predicted octanol–water partition coefficient (Wildman–Crippen LogP) is 5.21. The maximum absolute atomic E-state index is 12.7. The van der Waals surface area contributed by atoms with Crippen molar-refractivity contribution in [1.82, 2.24) is 15.5 Å². The van der Waals surface area contributed by atoms with Gasteiger partial charge in [-0.25, -0.2) is 0 Å². The molecule has 0 radical (unpaired) electrons.